The molecule has 2 aromatic rings. The van der Waals surface area contributed by atoms with E-state index in [4.69, 9.17) is 0 Å². The molecule has 4 nitrogen and oxygen atoms in total. The summed E-state index contributed by atoms with van der Waals surface area (Å²) in [4.78, 5) is 24.1. The van der Waals surface area contributed by atoms with Gasteiger partial charge in [-0.05, 0) is 20.8 Å². The third-order valence-electron chi connectivity index (χ3n) is 3.12. The minimum Gasteiger partial charge on any atom is -0.297 e. The van der Waals surface area contributed by atoms with Crippen molar-refractivity contribution < 1.29 is 4.79 Å². The van der Waals surface area contributed by atoms with Gasteiger partial charge in [-0.2, -0.15) is 0 Å². The highest BCUT2D eigenvalue weighted by Crippen LogP contribution is 2.06. The van der Waals surface area contributed by atoms with E-state index in [-0.39, 0.29) is 24.1 Å². The summed E-state index contributed by atoms with van der Waals surface area (Å²) in [6.07, 6.45) is 3.38. The van der Waals surface area contributed by atoms with Crippen LogP contribution in [0.1, 0.15) is 35.8 Å². The smallest absolute Gasteiger partial charge is 0.297 e. The van der Waals surface area contributed by atoms with E-state index in [1.54, 1.807) is 29.1 Å². The number of hydrogen-bond acceptors (Lipinski definition) is 2. The third kappa shape index (κ3) is 2.84. The Kier molecular flexibility index (Phi) is 3.69. The maximum absolute atomic E-state index is 12.1. The lowest BCUT2D eigenvalue weighted by atomic mass is 10.1. The first-order chi connectivity index (χ1) is 8.99. The van der Waals surface area contributed by atoms with E-state index < -0.39 is 0 Å². The van der Waals surface area contributed by atoms with Gasteiger partial charge in [0, 0.05) is 24.0 Å². The molecule has 100 valence electrons. The standard InChI is InChI=1S/C15H18N2O2/c1-11(2)17-9-8-16(15(17)19)10-14(18)13-6-4-12(3)5-7-13/h4-9,11H,10H2,1-3H3. The van der Waals surface area contributed by atoms with Gasteiger partial charge in [0.15, 0.2) is 5.78 Å². The fourth-order valence-corrected chi connectivity index (χ4v) is 1.93. The molecule has 0 aliphatic rings. The molecule has 0 radical (unpaired) electrons. The number of carbonyl (C=O) groups is 1. The summed E-state index contributed by atoms with van der Waals surface area (Å²) >= 11 is 0. The number of ketones is 1. The van der Waals surface area contributed by atoms with Crippen LogP contribution in [0, 0.1) is 6.92 Å². The highest BCUT2D eigenvalue weighted by atomic mass is 16.2. The molecule has 0 atom stereocenters. The molecule has 0 aliphatic heterocycles. The van der Waals surface area contributed by atoms with Crippen molar-refractivity contribution in [2.45, 2.75) is 33.4 Å². The van der Waals surface area contributed by atoms with E-state index in [0.717, 1.165) is 5.56 Å². The minimum atomic E-state index is -0.143. The predicted octanol–water partition coefficient (Wildman–Crippen LogP) is 2.42. The molecule has 0 unspecified atom stereocenters. The molecule has 0 bridgehead atoms. The lowest BCUT2D eigenvalue weighted by Gasteiger charge is -2.05. The highest BCUT2D eigenvalue weighted by molar-refractivity contribution is 5.95. The molecule has 4 heteroatoms. The topological polar surface area (TPSA) is 44.0 Å². The van der Waals surface area contributed by atoms with E-state index in [1.165, 1.54) is 4.57 Å². The van der Waals surface area contributed by atoms with Crippen LogP contribution in [0.15, 0.2) is 41.5 Å². The normalized spacial score (nSPS) is 10.9. The first-order valence-electron chi connectivity index (χ1n) is 6.36. The van der Waals surface area contributed by atoms with Crippen molar-refractivity contribution in [1.29, 1.82) is 0 Å². The zero-order chi connectivity index (χ0) is 14.0. The monoisotopic (exact) mass is 258 g/mol. The number of nitrogens with zero attached hydrogens (tertiary/aromatic N) is 2. The molecule has 1 aromatic carbocycles. The molecule has 0 saturated carbocycles. The number of benzene rings is 1. The average molecular weight is 258 g/mol. The van der Waals surface area contributed by atoms with Crippen LogP contribution in [0.3, 0.4) is 0 Å². The summed E-state index contributed by atoms with van der Waals surface area (Å²) in [6.45, 7) is 5.93. The van der Waals surface area contributed by atoms with E-state index >= 15 is 0 Å². The predicted molar refractivity (Wildman–Crippen MR) is 74.6 cm³/mol. The van der Waals surface area contributed by atoms with Gasteiger partial charge in [-0.3, -0.25) is 13.9 Å². The summed E-state index contributed by atoms with van der Waals surface area (Å²) in [7, 11) is 0. The Morgan fingerprint density at radius 3 is 2.32 bits per heavy atom. The maximum atomic E-state index is 12.1. The van der Waals surface area contributed by atoms with Gasteiger partial charge in [0.2, 0.25) is 0 Å². The molecule has 1 aromatic heterocycles. The van der Waals surface area contributed by atoms with Crippen LogP contribution in [-0.2, 0) is 6.54 Å². The van der Waals surface area contributed by atoms with E-state index in [2.05, 4.69) is 0 Å². The molecular weight excluding hydrogens is 240 g/mol. The molecule has 19 heavy (non-hydrogen) atoms. The van der Waals surface area contributed by atoms with Crippen molar-refractivity contribution in [2.24, 2.45) is 0 Å². The van der Waals surface area contributed by atoms with Gasteiger partial charge in [-0.1, -0.05) is 29.8 Å². The molecule has 0 N–H and O–H groups in total. The number of carbonyl (C=O) groups excluding carboxylic acids is 1. The van der Waals surface area contributed by atoms with E-state index in [1.807, 2.05) is 32.9 Å². The molecular formula is C15H18N2O2. The van der Waals surface area contributed by atoms with Gasteiger partial charge in [0.05, 0.1) is 6.54 Å². The second kappa shape index (κ2) is 5.26. The summed E-state index contributed by atoms with van der Waals surface area (Å²) in [5.41, 5.74) is 1.60. The molecule has 0 saturated heterocycles. The molecule has 1 heterocycles. The SMILES string of the molecule is Cc1ccc(C(=O)Cn2ccn(C(C)C)c2=O)cc1. The molecule has 0 aliphatic carbocycles. The van der Waals surface area contributed by atoms with Crippen LogP contribution in [0.4, 0.5) is 0 Å². The largest absolute Gasteiger partial charge is 0.328 e. The molecule has 2 rings (SSSR count). The van der Waals surface area contributed by atoms with Crippen molar-refractivity contribution in [3.05, 3.63) is 58.3 Å². The molecule has 0 fully saturated rings. The number of aromatic nitrogens is 2. The van der Waals surface area contributed by atoms with Gasteiger partial charge in [-0.15, -0.1) is 0 Å². The average Bonchev–Trinajstić information content (AvgIpc) is 2.72. The number of imidazole rings is 1. The third-order valence-corrected chi connectivity index (χ3v) is 3.12. The van der Waals surface area contributed by atoms with Crippen molar-refractivity contribution in [3.8, 4) is 0 Å². The Morgan fingerprint density at radius 1 is 1.16 bits per heavy atom. The van der Waals surface area contributed by atoms with Crippen molar-refractivity contribution in [2.75, 3.05) is 0 Å². The van der Waals surface area contributed by atoms with Crippen LogP contribution in [0.2, 0.25) is 0 Å². The quantitative estimate of drug-likeness (QED) is 0.790. The van der Waals surface area contributed by atoms with Crippen molar-refractivity contribution >= 4 is 5.78 Å². The number of rotatable bonds is 4. The van der Waals surface area contributed by atoms with Crippen LogP contribution in [0.5, 0.6) is 0 Å². The Labute approximate surface area is 112 Å². The van der Waals surface area contributed by atoms with Crippen molar-refractivity contribution in [3.63, 3.8) is 0 Å². The lowest BCUT2D eigenvalue weighted by Crippen LogP contribution is -2.27. The minimum absolute atomic E-state index is 0.0522. The Hall–Kier alpha value is -2.10. The van der Waals surface area contributed by atoms with E-state index in [0.29, 0.717) is 5.56 Å². The molecule has 0 amide bonds. The Balaban J connectivity index is 2.20. The van der Waals surface area contributed by atoms with Gasteiger partial charge in [0.25, 0.3) is 0 Å². The Bertz CT molecular complexity index is 633. The zero-order valence-electron chi connectivity index (χ0n) is 11.5. The van der Waals surface area contributed by atoms with Gasteiger partial charge in [0.1, 0.15) is 0 Å². The number of hydrogen-bond donors (Lipinski definition) is 0. The lowest BCUT2D eigenvalue weighted by molar-refractivity contribution is 0.0970. The number of aryl methyl sites for hydroxylation is 1. The van der Waals surface area contributed by atoms with Crippen molar-refractivity contribution in [1.82, 2.24) is 9.13 Å². The van der Waals surface area contributed by atoms with Gasteiger partial charge < -0.3 is 0 Å². The molecule has 0 spiro atoms. The zero-order valence-corrected chi connectivity index (χ0v) is 11.5. The maximum Gasteiger partial charge on any atom is 0.328 e. The summed E-state index contributed by atoms with van der Waals surface area (Å²) in [6, 6.07) is 7.48. The first kappa shape index (κ1) is 13.3. The van der Waals surface area contributed by atoms with Crippen LogP contribution >= 0.6 is 0 Å². The fourth-order valence-electron chi connectivity index (χ4n) is 1.93. The van der Waals surface area contributed by atoms with E-state index in [9.17, 15) is 9.59 Å². The van der Waals surface area contributed by atoms with Crippen LogP contribution < -0.4 is 5.69 Å². The number of Topliss-reactive ketones (excluding diaryl/α,β-unsaturated/α-hetero) is 1. The summed E-state index contributed by atoms with van der Waals surface area (Å²) < 4.78 is 3.06. The van der Waals surface area contributed by atoms with Crippen LogP contribution in [0.25, 0.3) is 0 Å². The fraction of sp³-hybridized carbons (Fsp3) is 0.333. The second-order valence-corrected chi connectivity index (χ2v) is 5.00. The Morgan fingerprint density at radius 2 is 1.79 bits per heavy atom. The van der Waals surface area contributed by atoms with Gasteiger partial charge in [-0.25, -0.2) is 4.79 Å². The highest BCUT2D eigenvalue weighted by Gasteiger charge is 2.11. The first-order valence-corrected chi connectivity index (χ1v) is 6.36. The summed E-state index contributed by atoms with van der Waals surface area (Å²) in [5.74, 6) is -0.0522. The van der Waals surface area contributed by atoms with Gasteiger partial charge >= 0.3 is 5.69 Å². The summed E-state index contributed by atoms with van der Waals surface area (Å²) in [5, 5.41) is 0. The second-order valence-electron chi connectivity index (χ2n) is 5.00. The van der Waals surface area contributed by atoms with Crippen LogP contribution in [-0.4, -0.2) is 14.9 Å².